The Morgan fingerprint density at radius 1 is 0.767 bits per heavy atom. The van der Waals surface area contributed by atoms with Gasteiger partial charge in [0.25, 0.3) is 5.91 Å². The number of carbonyl (C=O) groups excluding carboxylic acids is 1. The minimum Gasteiger partial charge on any atom is -0.489 e. The zero-order valence-corrected chi connectivity index (χ0v) is 17.5. The Morgan fingerprint density at radius 3 is 2.00 bits per heavy atom. The van der Waals surface area contributed by atoms with E-state index in [4.69, 9.17) is 23.7 Å². The molecule has 2 aromatic carbocycles. The van der Waals surface area contributed by atoms with E-state index in [9.17, 15) is 4.79 Å². The maximum atomic E-state index is 12.2. The van der Waals surface area contributed by atoms with Crippen LogP contribution in [0.2, 0.25) is 0 Å². The summed E-state index contributed by atoms with van der Waals surface area (Å²) in [6.07, 6.45) is 0. The Hall–Kier alpha value is -2.45. The molecule has 164 valence electrons. The van der Waals surface area contributed by atoms with Gasteiger partial charge in [-0.15, -0.1) is 0 Å². The smallest absolute Gasteiger partial charge is 0.251 e. The molecule has 0 saturated carbocycles. The highest BCUT2D eigenvalue weighted by molar-refractivity contribution is 5.94. The topological polar surface area (TPSA) is 75.3 Å². The lowest BCUT2D eigenvalue weighted by atomic mass is 10.2. The average molecular weight is 418 g/mol. The molecular formula is C23H31NO6. The number of methoxy groups -OCH3 is 1. The van der Waals surface area contributed by atoms with E-state index in [1.807, 2.05) is 30.3 Å². The van der Waals surface area contributed by atoms with Gasteiger partial charge < -0.3 is 29.0 Å². The molecule has 0 aromatic heterocycles. The molecule has 2 rings (SSSR count). The molecule has 0 radical (unpaired) electrons. The van der Waals surface area contributed by atoms with Crippen LogP contribution in [0.25, 0.3) is 0 Å². The van der Waals surface area contributed by atoms with Crippen LogP contribution in [0.5, 0.6) is 5.75 Å². The summed E-state index contributed by atoms with van der Waals surface area (Å²) in [5, 5.41) is 2.83. The Kier molecular flexibility index (Phi) is 12.2. The lowest BCUT2D eigenvalue weighted by Crippen LogP contribution is -2.27. The number of nitrogens with one attached hydrogen (secondary N) is 1. The maximum Gasteiger partial charge on any atom is 0.251 e. The van der Waals surface area contributed by atoms with E-state index in [1.165, 1.54) is 0 Å². The highest BCUT2D eigenvalue weighted by Crippen LogP contribution is 2.14. The van der Waals surface area contributed by atoms with Gasteiger partial charge in [0.2, 0.25) is 0 Å². The normalized spacial score (nSPS) is 10.7. The van der Waals surface area contributed by atoms with Crippen LogP contribution in [-0.4, -0.2) is 65.8 Å². The van der Waals surface area contributed by atoms with Crippen molar-refractivity contribution >= 4 is 5.91 Å². The third kappa shape index (κ3) is 10.4. The summed E-state index contributed by atoms with van der Waals surface area (Å²) in [4.78, 5) is 12.2. The standard InChI is InChI=1S/C23H31NO6/c1-26-13-14-28-17-18-29-16-15-27-12-11-24-23(25)21-7-9-22(10-8-21)30-19-20-5-3-2-4-6-20/h2-10H,11-19H2,1H3,(H,24,25). The number of hydrogen-bond donors (Lipinski definition) is 1. The van der Waals surface area contributed by atoms with E-state index in [1.54, 1.807) is 31.4 Å². The van der Waals surface area contributed by atoms with Gasteiger partial charge in [-0.2, -0.15) is 0 Å². The van der Waals surface area contributed by atoms with Crippen LogP contribution in [0.15, 0.2) is 54.6 Å². The monoisotopic (exact) mass is 417 g/mol. The van der Waals surface area contributed by atoms with Crippen molar-refractivity contribution in [1.29, 1.82) is 0 Å². The first-order valence-electron chi connectivity index (χ1n) is 10.1. The van der Waals surface area contributed by atoms with E-state index in [-0.39, 0.29) is 5.91 Å². The van der Waals surface area contributed by atoms with Crippen molar-refractivity contribution in [3.63, 3.8) is 0 Å². The van der Waals surface area contributed by atoms with Crippen LogP contribution in [-0.2, 0) is 25.6 Å². The van der Waals surface area contributed by atoms with Crippen molar-refractivity contribution < 1.29 is 28.5 Å². The molecule has 7 nitrogen and oxygen atoms in total. The lowest BCUT2D eigenvalue weighted by Gasteiger charge is -2.09. The highest BCUT2D eigenvalue weighted by Gasteiger charge is 2.05. The van der Waals surface area contributed by atoms with Crippen molar-refractivity contribution in [1.82, 2.24) is 5.32 Å². The Bertz CT molecular complexity index is 693. The SMILES string of the molecule is COCCOCCOCCOCCNC(=O)c1ccc(OCc2ccccc2)cc1. The number of carbonyl (C=O) groups is 1. The third-order valence-electron chi connectivity index (χ3n) is 4.07. The summed E-state index contributed by atoms with van der Waals surface area (Å²) >= 11 is 0. The quantitative estimate of drug-likeness (QED) is 0.423. The molecule has 7 heteroatoms. The molecule has 1 amide bonds. The fourth-order valence-corrected chi connectivity index (χ4v) is 2.47. The Morgan fingerprint density at radius 2 is 1.37 bits per heavy atom. The van der Waals surface area contributed by atoms with Gasteiger partial charge in [0.05, 0.1) is 46.2 Å². The van der Waals surface area contributed by atoms with Gasteiger partial charge in [-0.3, -0.25) is 4.79 Å². The summed E-state index contributed by atoms with van der Waals surface area (Å²) in [5.41, 5.74) is 1.68. The molecule has 0 aliphatic heterocycles. The second-order valence-electron chi connectivity index (χ2n) is 6.38. The highest BCUT2D eigenvalue weighted by atomic mass is 16.6. The minimum absolute atomic E-state index is 0.141. The molecule has 0 spiro atoms. The summed E-state index contributed by atoms with van der Waals surface area (Å²) < 4.78 is 26.7. The van der Waals surface area contributed by atoms with Gasteiger partial charge in [-0.05, 0) is 29.8 Å². The first kappa shape index (κ1) is 23.8. The second kappa shape index (κ2) is 15.4. The van der Waals surface area contributed by atoms with Gasteiger partial charge in [-0.1, -0.05) is 30.3 Å². The predicted octanol–water partition coefficient (Wildman–Crippen LogP) is 2.69. The summed E-state index contributed by atoms with van der Waals surface area (Å²) in [7, 11) is 1.64. The second-order valence-corrected chi connectivity index (χ2v) is 6.38. The van der Waals surface area contributed by atoms with Crippen LogP contribution in [0, 0.1) is 0 Å². The van der Waals surface area contributed by atoms with E-state index in [0.717, 1.165) is 11.3 Å². The van der Waals surface area contributed by atoms with Gasteiger partial charge in [0.15, 0.2) is 0 Å². The molecular weight excluding hydrogens is 386 g/mol. The maximum absolute atomic E-state index is 12.2. The average Bonchev–Trinajstić information content (AvgIpc) is 2.79. The summed E-state index contributed by atoms with van der Waals surface area (Å²) in [6.45, 7) is 4.54. The fourth-order valence-electron chi connectivity index (χ4n) is 2.47. The zero-order valence-electron chi connectivity index (χ0n) is 17.5. The Balaban J connectivity index is 1.50. The molecule has 0 fully saturated rings. The molecule has 30 heavy (non-hydrogen) atoms. The van der Waals surface area contributed by atoms with E-state index < -0.39 is 0 Å². The number of ether oxygens (including phenoxy) is 5. The number of hydrogen-bond acceptors (Lipinski definition) is 6. The number of rotatable bonds is 16. The molecule has 0 atom stereocenters. The van der Waals surface area contributed by atoms with E-state index in [2.05, 4.69) is 5.32 Å². The van der Waals surface area contributed by atoms with Crippen molar-refractivity contribution in [3.05, 3.63) is 65.7 Å². The molecule has 2 aromatic rings. The molecule has 0 saturated heterocycles. The lowest BCUT2D eigenvalue weighted by molar-refractivity contribution is 0.00415. The van der Waals surface area contributed by atoms with Crippen molar-refractivity contribution in [2.24, 2.45) is 0 Å². The van der Waals surface area contributed by atoms with Crippen LogP contribution < -0.4 is 10.1 Å². The van der Waals surface area contributed by atoms with Gasteiger partial charge in [0.1, 0.15) is 12.4 Å². The van der Waals surface area contributed by atoms with Crippen LogP contribution in [0.4, 0.5) is 0 Å². The van der Waals surface area contributed by atoms with Crippen molar-refractivity contribution in [2.75, 3.05) is 59.9 Å². The predicted molar refractivity (Wildman–Crippen MR) is 114 cm³/mol. The van der Waals surface area contributed by atoms with Crippen LogP contribution in [0.3, 0.4) is 0 Å². The minimum atomic E-state index is -0.141. The third-order valence-corrected chi connectivity index (χ3v) is 4.07. The molecule has 0 unspecified atom stereocenters. The summed E-state index contributed by atoms with van der Waals surface area (Å²) in [5.74, 6) is 0.584. The van der Waals surface area contributed by atoms with E-state index >= 15 is 0 Å². The van der Waals surface area contributed by atoms with Crippen molar-refractivity contribution in [2.45, 2.75) is 6.61 Å². The Labute approximate surface area is 178 Å². The molecule has 0 aliphatic carbocycles. The summed E-state index contributed by atoms with van der Waals surface area (Å²) in [6, 6.07) is 17.0. The number of benzene rings is 2. The molecule has 0 heterocycles. The largest absolute Gasteiger partial charge is 0.489 e. The van der Waals surface area contributed by atoms with Crippen LogP contribution in [0.1, 0.15) is 15.9 Å². The molecule has 0 aliphatic rings. The van der Waals surface area contributed by atoms with E-state index in [0.29, 0.717) is 65.0 Å². The first-order chi connectivity index (χ1) is 14.8. The number of amides is 1. The van der Waals surface area contributed by atoms with Crippen molar-refractivity contribution in [3.8, 4) is 5.75 Å². The van der Waals surface area contributed by atoms with Gasteiger partial charge >= 0.3 is 0 Å². The van der Waals surface area contributed by atoms with Crippen LogP contribution >= 0.6 is 0 Å². The van der Waals surface area contributed by atoms with Gasteiger partial charge in [0, 0.05) is 19.2 Å². The fraction of sp³-hybridized carbons (Fsp3) is 0.435. The first-order valence-corrected chi connectivity index (χ1v) is 10.1. The molecule has 0 bridgehead atoms. The van der Waals surface area contributed by atoms with Gasteiger partial charge in [-0.25, -0.2) is 0 Å². The zero-order chi connectivity index (χ0) is 21.3. The molecule has 1 N–H and O–H groups in total.